The molecule has 0 radical (unpaired) electrons. The Morgan fingerprint density at radius 2 is 2.24 bits per heavy atom. The molecule has 0 saturated carbocycles. The standard InChI is InChI=1S/C12H14ClN3O3S2/c1-19-6-5-16-11(14-15-12(16)21(13,17)18)10-7-8-3-2-4-9(8)20-10/h7H,2-6H2,1H3. The third kappa shape index (κ3) is 2.85. The monoisotopic (exact) mass is 347 g/mol. The van der Waals surface area contributed by atoms with Gasteiger partial charge in [-0.25, -0.2) is 8.42 Å². The van der Waals surface area contributed by atoms with E-state index in [1.54, 1.807) is 18.4 Å². The van der Waals surface area contributed by atoms with E-state index in [1.165, 1.54) is 21.4 Å². The van der Waals surface area contributed by atoms with E-state index in [9.17, 15) is 8.42 Å². The molecule has 0 spiro atoms. The molecular formula is C12H14ClN3O3S2. The van der Waals surface area contributed by atoms with Crippen LogP contribution in [0.4, 0.5) is 0 Å². The fourth-order valence-electron chi connectivity index (χ4n) is 2.47. The van der Waals surface area contributed by atoms with Crippen molar-refractivity contribution in [2.75, 3.05) is 13.7 Å². The Balaban J connectivity index is 2.06. The second-order valence-electron chi connectivity index (χ2n) is 4.80. The fraction of sp³-hybridized carbons (Fsp3) is 0.500. The molecule has 0 aliphatic heterocycles. The van der Waals surface area contributed by atoms with Gasteiger partial charge in [-0.3, -0.25) is 4.57 Å². The first-order valence-corrected chi connectivity index (χ1v) is 9.62. The van der Waals surface area contributed by atoms with Crippen molar-refractivity contribution in [1.29, 1.82) is 0 Å². The van der Waals surface area contributed by atoms with Gasteiger partial charge >= 0.3 is 0 Å². The zero-order valence-electron chi connectivity index (χ0n) is 11.4. The minimum atomic E-state index is -3.94. The van der Waals surface area contributed by atoms with Gasteiger partial charge in [-0.2, -0.15) is 0 Å². The molecule has 0 saturated heterocycles. The summed E-state index contributed by atoms with van der Waals surface area (Å²) in [4.78, 5) is 2.27. The van der Waals surface area contributed by atoms with Gasteiger partial charge in [-0.15, -0.1) is 21.5 Å². The van der Waals surface area contributed by atoms with Crippen molar-refractivity contribution in [3.05, 3.63) is 16.5 Å². The van der Waals surface area contributed by atoms with Crippen molar-refractivity contribution in [1.82, 2.24) is 14.8 Å². The Labute approximate surface area is 131 Å². The lowest BCUT2D eigenvalue weighted by atomic mass is 10.2. The number of methoxy groups -OCH3 is 1. The van der Waals surface area contributed by atoms with Gasteiger partial charge in [0.05, 0.1) is 18.0 Å². The molecule has 2 aromatic heterocycles. The van der Waals surface area contributed by atoms with Gasteiger partial charge in [0.1, 0.15) is 0 Å². The summed E-state index contributed by atoms with van der Waals surface area (Å²) in [5.74, 6) is 0.533. The van der Waals surface area contributed by atoms with E-state index in [4.69, 9.17) is 15.4 Å². The van der Waals surface area contributed by atoms with E-state index < -0.39 is 9.05 Å². The topological polar surface area (TPSA) is 74.1 Å². The first kappa shape index (κ1) is 15.0. The molecule has 2 heterocycles. The Bertz CT molecular complexity index is 745. The molecule has 0 unspecified atom stereocenters. The van der Waals surface area contributed by atoms with Gasteiger partial charge in [-0.05, 0) is 30.9 Å². The maximum Gasteiger partial charge on any atom is 0.296 e. The van der Waals surface area contributed by atoms with Gasteiger partial charge in [0.2, 0.25) is 0 Å². The number of thiophene rings is 1. The first-order chi connectivity index (χ1) is 10.0. The van der Waals surface area contributed by atoms with Crippen molar-refractivity contribution in [3.8, 4) is 10.7 Å². The lowest BCUT2D eigenvalue weighted by Crippen LogP contribution is -2.11. The van der Waals surface area contributed by atoms with Crippen LogP contribution in [-0.4, -0.2) is 36.9 Å². The minimum absolute atomic E-state index is 0.232. The molecule has 3 rings (SSSR count). The van der Waals surface area contributed by atoms with Crippen LogP contribution >= 0.6 is 22.0 Å². The van der Waals surface area contributed by atoms with Crippen LogP contribution < -0.4 is 0 Å². The summed E-state index contributed by atoms with van der Waals surface area (Å²) >= 11 is 1.64. The molecule has 9 heteroatoms. The molecule has 21 heavy (non-hydrogen) atoms. The highest BCUT2D eigenvalue weighted by Crippen LogP contribution is 2.36. The third-order valence-corrected chi connectivity index (χ3v) is 5.81. The second-order valence-corrected chi connectivity index (χ2v) is 8.40. The van der Waals surface area contributed by atoms with Crippen LogP contribution in [0, 0.1) is 0 Å². The van der Waals surface area contributed by atoms with E-state index in [1.807, 2.05) is 0 Å². The van der Waals surface area contributed by atoms with Gasteiger partial charge in [0.25, 0.3) is 14.2 Å². The smallest absolute Gasteiger partial charge is 0.296 e. The lowest BCUT2D eigenvalue weighted by Gasteiger charge is -2.07. The van der Waals surface area contributed by atoms with Gasteiger partial charge < -0.3 is 4.74 Å². The van der Waals surface area contributed by atoms with Crippen LogP contribution in [0.2, 0.25) is 0 Å². The number of aryl methyl sites for hydroxylation is 2. The predicted octanol–water partition coefficient (Wildman–Crippen LogP) is 2.07. The number of hydrogen-bond acceptors (Lipinski definition) is 6. The van der Waals surface area contributed by atoms with E-state index in [0.29, 0.717) is 19.0 Å². The summed E-state index contributed by atoms with van der Waals surface area (Å²) in [7, 11) is 3.05. The van der Waals surface area contributed by atoms with E-state index in [0.717, 1.165) is 17.7 Å². The summed E-state index contributed by atoms with van der Waals surface area (Å²) in [6.07, 6.45) is 3.32. The number of hydrogen-bond donors (Lipinski definition) is 0. The van der Waals surface area contributed by atoms with Crippen molar-refractivity contribution in [3.63, 3.8) is 0 Å². The number of nitrogens with zero attached hydrogens (tertiary/aromatic N) is 3. The summed E-state index contributed by atoms with van der Waals surface area (Å²) < 4.78 is 29.7. The lowest BCUT2D eigenvalue weighted by molar-refractivity contribution is 0.185. The number of rotatable bonds is 5. The Hall–Kier alpha value is -0.960. The molecule has 114 valence electrons. The molecule has 0 atom stereocenters. The second kappa shape index (κ2) is 5.68. The average Bonchev–Trinajstić information content (AvgIpc) is 3.07. The van der Waals surface area contributed by atoms with E-state index in [2.05, 4.69) is 16.3 Å². The number of halogens is 1. The molecule has 2 aromatic rings. The Morgan fingerprint density at radius 1 is 1.43 bits per heavy atom. The van der Waals surface area contributed by atoms with E-state index in [-0.39, 0.29) is 5.16 Å². The molecule has 0 amide bonds. The highest BCUT2D eigenvalue weighted by Gasteiger charge is 2.25. The quantitative estimate of drug-likeness (QED) is 0.774. The summed E-state index contributed by atoms with van der Waals surface area (Å²) in [6, 6.07) is 2.07. The Morgan fingerprint density at radius 3 is 2.90 bits per heavy atom. The number of aromatic nitrogens is 3. The van der Waals surface area contributed by atoms with E-state index >= 15 is 0 Å². The summed E-state index contributed by atoms with van der Waals surface area (Å²) in [5, 5.41) is 7.53. The van der Waals surface area contributed by atoms with Crippen LogP contribution in [0.15, 0.2) is 11.2 Å². The van der Waals surface area contributed by atoms with Crippen LogP contribution in [0.5, 0.6) is 0 Å². The molecule has 0 bridgehead atoms. The van der Waals surface area contributed by atoms with Crippen molar-refractivity contribution >= 4 is 31.1 Å². The summed E-state index contributed by atoms with van der Waals surface area (Å²) in [6.45, 7) is 0.693. The summed E-state index contributed by atoms with van der Waals surface area (Å²) in [5.41, 5.74) is 1.33. The molecule has 1 aliphatic carbocycles. The average molecular weight is 348 g/mol. The van der Waals surface area contributed by atoms with Crippen LogP contribution in [0.1, 0.15) is 16.9 Å². The highest BCUT2D eigenvalue weighted by molar-refractivity contribution is 8.13. The normalized spacial score (nSPS) is 14.6. The minimum Gasteiger partial charge on any atom is -0.383 e. The Kier molecular flexibility index (Phi) is 4.04. The molecule has 0 fully saturated rings. The molecule has 0 N–H and O–H groups in total. The highest BCUT2D eigenvalue weighted by atomic mass is 35.7. The van der Waals surface area contributed by atoms with Gasteiger partial charge in [-0.1, -0.05) is 0 Å². The van der Waals surface area contributed by atoms with Crippen molar-refractivity contribution < 1.29 is 13.2 Å². The van der Waals surface area contributed by atoms with Crippen molar-refractivity contribution in [2.45, 2.75) is 31.0 Å². The predicted molar refractivity (Wildman–Crippen MR) is 80.3 cm³/mol. The maximum absolute atomic E-state index is 11.6. The largest absolute Gasteiger partial charge is 0.383 e. The third-order valence-electron chi connectivity index (χ3n) is 3.42. The van der Waals surface area contributed by atoms with Gasteiger partial charge in [0.15, 0.2) is 5.82 Å². The molecule has 6 nitrogen and oxygen atoms in total. The molecule has 0 aromatic carbocycles. The van der Waals surface area contributed by atoms with Crippen LogP contribution in [0.25, 0.3) is 10.7 Å². The van der Waals surface area contributed by atoms with Crippen LogP contribution in [0.3, 0.4) is 0 Å². The van der Waals surface area contributed by atoms with Gasteiger partial charge in [0, 0.05) is 22.7 Å². The first-order valence-electron chi connectivity index (χ1n) is 6.49. The number of fused-ring (bicyclic) bond motifs is 1. The van der Waals surface area contributed by atoms with Crippen LogP contribution in [-0.2, 0) is 33.2 Å². The maximum atomic E-state index is 11.6. The molecular weight excluding hydrogens is 334 g/mol. The zero-order chi connectivity index (χ0) is 15.0. The fourth-order valence-corrected chi connectivity index (χ4v) is 4.64. The number of ether oxygens (including phenoxy) is 1. The van der Waals surface area contributed by atoms with Crippen molar-refractivity contribution in [2.24, 2.45) is 0 Å². The molecule has 1 aliphatic rings. The zero-order valence-corrected chi connectivity index (χ0v) is 13.8. The SMILES string of the molecule is COCCn1c(-c2cc3c(s2)CCC3)nnc1S(=O)(=O)Cl.